The van der Waals surface area contributed by atoms with E-state index in [0.29, 0.717) is 46.3 Å². The number of ether oxygens (including phenoxy) is 3. The molecule has 0 radical (unpaired) electrons. The van der Waals surface area contributed by atoms with Crippen LogP contribution in [0.2, 0.25) is 0 Å². The molecule has 3 aromatic carbocycles. The predicted octanol–water partition coefficient (Wildman–Crippen LogP) is 5.41. The van der Waals surface area contributed by atoms with Crippen molar-refractivity contribution in [1.82, 2.24) is 9.97 Å². The van der Waals surface area contributed by atoms with Gasteiger partial charge in [-0.05, 0) is 67.4 Å². The fraction of sp³-hybridized carbons (Fsp3) is 0.222. The Labute approximate surface area is 207 Å². The molecule has 0 atom stereocenters. The molecule has 0 aliphatic heterocycles. The second kappa shape index (κ2) is 9.69. The Bertz CT molecular complexity index is 1390. The van der Waals surface area contributed by atoms with Crippen LogP contribution in [0, 0.1) is 11.2 Å². The van der Waals surface area contributed by atoms with E-state index in [-0.39, 0.29) is 11.7 Å². The van der Waals surface area contributed by atoms with Gasteiger partial charge in [-0.1, -0.05) is 0 Å². The Morgan fingerprint density at radius 3 is 2.28 bits per heavy atom. The number of carbonyl (C=O) groups excluding carboxylic acids is 1. The van der Waals surface area contributed by atoms with Crippen molar-refractivity contribution in [3.8, 4) is 23.1 Å². The van der Waals surface area contributed by atoms with E-state index in [1.54, 1.807) is 62.8 Å². The van der Waals surface area contributed by atoms with Crippen LogP contribution in [-0.4, -0.2) is 36.6 Å². The molecule has 1 amide bonds. The molecular weight excluding hydrogens is 463 g/mol. The SMILES string of the molecule is COc1cc2ncnc(Oc3ccc(NC(=O)C4(CNc5ccc(F)cc5)CC4)cc3)c2cc1OC. The highest BCUT2D eigenvalue weighted by Gasteiger charge is 2.49. The Hall–Kier alpha value is -4.40. The number of fused-ring (bicyclic) bond motifs is 1. The maximum atomic E-state index is 13.1. The Morgan fingerprint density at radius 1 is 0.944 bits per heavy atom. The molecule has 1 aromatic heterocycles. The van der Waals surface area contributed by atoms with E-state index in [9.17, 15) is 9.18 Å². The number of aromatic nitrogens is 2. The van der Waals surface area contributed by atoms with E-state index in [0.717, 1.165) is 18.5 Å². The fourth-order valence-electron chi connectivity index (χ4n) is 3.90. The number of nitrogens with one attached hydrogen (secondary N) is 2. The first-order valence-corrected chi connectivity index (χ1v) is 11.5. The maximum absolute atomic E-state index is 13.1. The Balaban J connectivity index is 1.24. The summed E-state index contributed by atoms with van der Waals surface area (Å²) >= 11 is 0. The van der Waals surface area contributed by atoms with Gasteiger partial charge in [0.05, 0.1) is 30.5 Å². The molecule has 1 aliphatic rings. The van der Waals surface area contributed by atoms with Crippen molar-refractivity contribution in [2.45, 2.75) is 12.8 Å². The number of halogens is 1. The van der Waals surface area contributed by atoms with E-state index in [4.69, 9.17) is 14.2 Å². The number of benzene rings is 3. The van der Waals surface area contributed by atoms with E-state index in [2.05, 4.69) is 20.6 Å². The van der Waals surface area contributed by atoms with Gasteiger partial charge >= 0.3 is 0 Å². The van der Waals surface area contributed by atoms with E-state index in [1.807, 2.05) is 0 Å². The summed E-state index contributed by atoms with van der Waals surface area (Å²) < 4.78 is 29.8. The molecule has 1 heterocycles. The van der Waals surface area contributed by atoms with E-state index in [1.165, 1.54) is 18.5 Å². The molecule has 0 saturated heterocycles. The molecule has 0 unspecified atom stereocenters. The van der Waals surface area contributed by atoms with Crippen LogP contribution in [0.4, 0.5) is 15.8 Å². The van der Waals surface area contributed by atoms with Gasteiger partial charge in [0.1, 0.15) is 17.9 Å². The number of methoxy groups -OCH3 is 2. The smallest absolute Gasteiger partial charge is 0.232 e. The maximum Gasteiger partial charge on any atom is 0.232 e. The zero-order valence-corrected chi connectivity index (χ0v) is 19.9. The van der Waals surface area contributed by atoms with Crippen molar-refractivity contribution in [2.75, 3.05) is 31.4 Å². The molecule has 0 bridgehead atoms. The molecule has 1 aliphatic carbocycles. The second-order valence-corrected chi connectivity index (χ2v) is 8.62. The largest absolute Gasteiger partial charge is 0.493 e. The van der Waals surface area contributed by atoms with Crippen LogP contribution in [0.5, 0.6) is 23.1 Å². The van der Waals surface area contributed by atoms with Crippen LogP contribution in [0.25, 0.3) is 10.9 Å². The van der Waals surface area contributed by atoms with E-state index < -0.39 is 5.41 Å². The lowest BCUT2D eigenvalue weighted by atomic mass is 10.1. The minimum Gasteiger partial charge on any atom is -0.493 e. The topological polar surface area (TPSA) is 94.6 Å². The molecule has 1 saturated carbocycles. The van der Waals surface area contributed by atoms with Gasteiger partial charge in [-0.15, -0.1) is 0 Å². The van der Waals surface area contributed by atoms with Crippen molar-refractivity contribution >= 4 is 28.2 Å². The van der Waals surface area contributed by atoms with Crippen LogP contribution in [0.15, 0.2) is 67.0 Å². The highest BCUT2D eigenvalue weighted by Crippen LogP contribution is 2.46. The van der Waals surface area contributed by atoms with Gasteiger partial charge in [0.2, 0.25) is 11.8 Å². The van der Waals surface area contributed by atoms with Crippen molar-refractivity contribution in [3.63, 3.8) is 0 Å². The molecule has 8 nitrogen and oxygen atoms in total. The lowest BCUT2D eigenvalue weighted by Crippen LogP contribution is -2.30. The number of carbonyl (C=O) groups is 1. The molecular formula is C27H25FN4O4. The average Bonchev–Trinajstić information content (AvgIpc) is 3.70. The molecule has 5 rings (SSSR count). The summed E-state index contributed by atoms with van der Waals surface area (Å²) in [5.41, 5.74) is 1.64. The Kier molecular flexibility index (Phi) is 6.28. The van der Waals surface area contributed by atoms with Gasteiger partial charge in [0.25, 0.3) is 0 Å². The van der Waals surface area contributed by atoms with Crippen LogP contribution < -0.4 is 24.8 Å². The van der Waals surface area contributed by atoms with E-state index >= 15 is 0 Å². The summed E-state index contributed by atoms with van der Waals surface area (Å²) in [6.07, 6.45) is 3.01. The molecule has 1 fully saturated rings. The first-order chi connectivity index (χ1) is 17.5. The molecule has 36 heavy (non-hydrogen) atoms. The number of nitrogens with zero attached hydrogens (tertiary/aromatic N) is 2. The average molecular weight is 489 g/mol. The molecule has 9 heteroatoms. The van der Waals surface area contributed by atoms with Gasteiger partial charge in [-0.2, -0.15) is 0 Å². The van der Waals surface area contributed by atoms with Crippen molar-refractivity contribution in [2.24, 2.45) is 5.41 Å². The third-order valence-electron chi connectivity index (χ3n) is 6.24. The predicted molar refractivity (Wildman–Crippen MR) is 134 cm³/mol. The monoisotopic (exact) mass is 488 g/mol. The number of hydrogen-bond acceptors (Lipinski definition) is 7. The minimum absolute atomic E-state index is 0.0476. The van der Waals surface area contributed by atoms with Crippen LogP contribution in [-0.2, 0) is 4.79 Å². The van der Waals surface area contributed by atoms with Crippen molar-refractivity contribution in [1.29, 1.82) is 0 Å². The van der Waals surface area contributed by atoms with Gasteiger partial charge in [-0.3, -0.25) is 4.79 Å². The lowest BCUT2D eigenvalue weighted by molar-refractivity contribution is -0.120. The lowest BCUT2D eigenvalue weighted by Gasteiger charge is -2.17. The quantitative estimate of drug-likeness (QED) is 0.325. The fourth-order valence-corrected chi connectivity index (χ4v) is 3.90. The molecule has 184 valence electrons. The third-order valence-corrected chi connectivity index (χ3v) is 6.24. The highest BCUT2D eigenvalue weighted by molar-refractivity contribution is 5.97. The third kappa shape index (κ3) is 4.86. The standard InChI is InChI=1S/C27H25FN4O4/c1-34-23-13-21-22(14-24(23)35-2)30-16-31-25(21)36-20-9-7-19(8-10-20)32-26(33)27(11-12-27)15-29-18-5-3-17(28)4-6-18/h3-10,13-14,16,29H,11-12,15H2,1-2H3,(H,32,33). The summed E-state index contributed by atoms with van der Waals surface area (Å²) in [4.78, 5) is 21.5. The summed E-state index contributed by atoms with van der Waals surface area (Å²) in [7, 11) is 3.13. The number of anilines is 2. The zero-order chi connectivity index (χ0) is 25.1. The summed E-state index contributed by atoms with van der Waals surface area (Å²) in [5, 5.41) is 6.90. The van der Waals surface area contributed by atoms with Gasteiger partial charge < -0.3 is 24.8 Å². The van der Waals surface area contributed by atoms with Crippen molar-refractivity contribution < 1.29 is 23.4 Å². The van der Waals surface area contributed by atoms with Crippen LogP contribution in [0.1, 0.15) is 12.8 Å². The minimum atomic E-state index is -0.469. The number of amides is 1. The van der Waals surface area contributed by atoms with Gasteiger partial charge in [-0.25, -0.2) is 14.4 Å². The first kappa shape index (κ1) is 23.3. The molecule has 0 spiro atoms. The normalized spacial score (nSPS) is 13.6. The number of hydrogen-bond donors (Lipinski definition) is 2. The Morgan fingerprint density at radius 2 is 1.61 bits per heavy atom. The van der Waals surface area contributed by atoms with Gasteiger partial charge in [0, 0.05) is 24.0 Å². The number of rotatable bonds is 9. The highest BCUT2D eigenvalue weighted by atomic mass is 19.1. The zero-order valence-electron chi connectivity index (χ0n) is 19.9. The summed E-state index contributed by atoms with van der Waals surface area (Å²) in [6.45, 7) is 0.487. The van der Waals surface area contributed by atoms with Crippen LogP contribution >= 0.6 is 0 Å². The molecule has 2 N–H and O–H groups in total. The van der Waals surface area contributed by atoms with Crippen molar-refractivity contribution in [3.05, 3.63) is 72.8 Å². The van der Waals surface area contributed by atoms with Crippen LogP contribution in [0.3, 0.4) is 0 Å². The first-order valence-electron chi connectivity index (χ1n) is 11.5. The second-order valence-electron chi connectivity index (χ2n) is 8.62. The summed E-state index contributed by atoms with van der Waals surface area (Å²) in [6, 6.07) is 16.7. The summed E-state index contributed by atoms with van der Waals surface area (Å²) in [5.74, 6) is 1.71. The van der Waals surface area contributed by atoms with Gasteiger partial charge in [0.15, 0.2) is 11.5 Å². The molecule has 4 aromatic rings.